The second kappa shape index (κ2) is 5.07. The Hall–Kier alpha value is -1.06. The van der Waals surface area contributed by atoms with Crippen molar-refractivity contribution in [3.63, 3.8) is 0 Å². The van der Waals surface area contributed by atoms with Gasteiger partial charge in [0, 0.05) is 19.0 Å². The van der Waals surface area contributed by atoms with Crippen LogP contribution in [0, 0.1) is 5.92 Å². The van der Waals surface area contributed by atoms with Crippen molar-refractivity contribution in [2.24, 2.45) is 5.92 Å². The quantitative estimate of drug-likeness (QED) is 0.805. The monoisotopic (exact) mass is 238 g/mol. The summed E-state index contributed by atoms with van der Waals surface area (Å²) in [7, 11) is 0. The number of hydrogen-bond acceptors (Lipinski definition) is 2. The van der Waals surface area contributed by atoms with E-state index in [-0.39, 0.29) is 23.8 Å². The number of nitrogens with zero attached hydrogens (tertiary/aromatic N) is 1. The number of amides is 2. The molecule has 0 aromatic carbocycles. The molecular weight excluding hydrogens is 216 g/mol. The third-order valence-corrected chi connectivity index (χ3v) is 4.17. The molecule has 4 nitrogen and oxygen atoms in total. The molecule has 0 aromatic rings. The number of nitrogens with one attached hydrogen (secondary N) is 1. The van der Waals surface area contributed by atoms with Crippen molar-refractivity contribution in [1.29, 1.82) is 0 Å². The maximum atomic E-state index is 12.4. The van der Waals surface area contributed by atoms with E-state index in [1.165, 1.54) is 6.42 Å². The molecule has 2 amide bonds. The minimum atomic E-state index is -0.310. The first-order chi connectivity index (χ1) is 8.13. The molecule has 1 saturated carbocycles. The van der Waals surface area contributed by atoms with Crippen LogP contribution in [0.1, 0.15) is 46.0 Å². The van der Waals surface area contributed by atoms with E-state index in [4.69, 9.17) is 0 Å². The zero-order chi connectivity index (χ0) is 12.4. The Bertz CT molecular complexity index is 313. The van der Waals surface area contributed by atoms with Gasteiger partial charge in [-0.2, -0.15) is 0 Å². The Labute approximate surface area is 103 Å². The highest BCUT2D eigenvalue weighted by Crippen LogP contribution is 2.27. The molecular formula is C13H22N2O2. The molecule has 2 unspecified atom stereocenters. The van der Waals surface area contributed by atoms with Gasteiger partial charge in [0.2, 0.25) is 11.8 Å². The number of rotatable bonds is 3. The summed E-state index contributed by atoms with van der Waals surface area (Å²) < 4.78 is 0. The molecule has 0 radical (unpaired) electrons. The molecule has 2 rings (SSSR count). The van der Waals surface area contributed by atoms with Gasteiger partial charge in [-0.15, -0.1) is 0 Å². The van der Waals surface area contributed by atoms with Gasteiger partial charge >= 0.3 is 0 Å². The van der Waals surface area contributed by atoms with E-state index in [2.05, 4.69) is 12.2 Å². The highest BCUT2D eigenvalue weighted by atomic mass is 16.2. The average molecular weight is 238 g/mol. The molecule has 2 atom stereocenters. The molecule has 0 bridgehead atoms. The normalized spacial score (nSPS) is 28.4. The molecule has 1 saturated heterocycles. The van der Waals surface area contributed by atoms with Crippen molar-refractivity contribution < 1.29 is 9.59 Å². The lowest BCUT2D eigenvalue weighted by atomic mass is 9.90. The predicted octanol–water partition coefficient (Wildman–Crippen LogP) is 1.30. The van der Waals surface area contributed by atoms with E-state index < -0.39 is 0 Å². The molecule has 2 aliphatic rings. The van der Waals surface area contributed by atoms with E-state index in [1.807, 2.05) is 11.8 Å². The number of carbonyl (C=O) groups excluding carboxylic acids is 2. The lowest BCUT2D eigenvalue weighted by Gasteiger charge is -2.38. The highest BCUT2D eigenvalue weighted by Gasteiger charge is 2.37. The van der Waals surface area contributed by atoms with Crippen molar-refractivity contribution in [2.45, 2.75) is 58.0 Å². The Morgan fingerprint density at radius 1 is 1.41 bits per heavy atom. The van der Waals surface area contributed by atoms with Crippen molar-refractivity contribution in [3.05, 3.63) is 0 Å². The summed E-state index contributed by atoms with van der Waals surface area (Å²) in [5.74, 6) is 0.368. The second-order valence-electron chi connectivity index (χ2n) is 5.30. The van der Waals surface area contributed by atoms with Gasteiger partial charge in [0.15, 0.2) is 0 Å². The van der Waals surface area contributed by atoms with Crippen LogP contribution >= 0.6 is 0 Å². The third kappa shape index (κ3) is 2.45. The zero-order valence-electron chi connectivity index (χ0n) is 10.7. The summed E-state index contributed by atoms with van der Waals surface area (Å²) in [6, 6.07) is 0.0809. The SMILES string of the molecule is CCC(C)C1NC(=O)CCN(C2CCC2)C1=O. The Morgan fingerprint density at radius 3 is 2.65 bits per heavy atom. The maximum absolute atomic E-state index is 12.4. The fourth-order valence-electron chi connectivity index (χ4n) is 2.50. The summed E-state index contributed by atoms with van der Waals surface area (Å²) in [6.07, 6.45) is 4.79. The second-order valence-corrected chi connectivity index (χ2v) is 5.30. The molecule has 0 aromatic heterocycles. The largest absolute Gasteiger partial charge is 0.344 e. The first kappa shape index (κ1) is 12.4. The first-order valence-corrected chi connectivity index (χ1v) is 6.73. The fourth-order valence-corrected chi connectivity index (χ4v) is 2.50. The molecule has 4 heteroatoms. The molecule has 1 N–H and O–H groups in total. The molecule has 1 aliphatic carbocycles. The predicted molar refractivity (Wildman–Crippen MR) is 65.4 cm³/mol. The van der Waals surface area contributed by atoms with E-state index in [1.54, 1.807) is 0 Å². The smallest absolute Gasteiger partial charge is 0.245 e. The fraction of sp³-hybridized carbons (Fsp3) is 0.846. The average Bonchev–Trinajstić information content (AvgIpc) is 2.39. The number of hydrogen-bond donors (Lipinski definition) is 1. The molecule has 17 heavy (non-hydrogen) atoms. The van der Waals surface area contributed by atoms with E-state index in [0.717, 1.165) is 19.3 Å². The number of carbonyl (C=O) groups is 2. The van der Waals surface area contributed by atoms with E-state index in [9.17, 15) is 9.59 Å². The van der Waals surface area contributed by atoms with Gasteiger partial charge in [-0.25, -0.2) is 0 Å². The van der Waals surface area contributed by atoms with Crippen molar-refractivity contribution in [2.75, 3.05) is 6.54 Å². The van der Waals surface area contributed by atoms with E-state index in [0.29, 0.717) is 19.0 Å². The summed E-state index contributed by atoms with van der Waals surface area (Å²) in [6.45, 7) is 4.69. The topological polar surface area (TPSA) is 49.4 Å². The van der Waals surface area contributed by atoms with Crippen molar-refractivity contribution in [3.8, 4) is 0 Å². The highest BCUT2D eigenvalue weighted by molar-refractivity contribution is 5.90. The van der Waals surface area contributed by atoms with Gasteiger partial charge in [0.25, 0.3) is 0 Å². The van der Waals surface area contributed by atoms with Crippen LogP contribution in [0.2, 0.25) is 0 Å². The van der Waals surface area contributed by atoms with E-state index >= 15 is 0 Å². The van der Waals surface area contributed by atoms with Crippen LogP contribution in [-0.2, 0) is 9.59 Å². The molecule has 1 aliphatic heterocycles. The van der Waals surface area contributed by atoms with Crippen LogP contribution in [-0.4, -0.2) is 35.3 Å². The van der Waals surface area contributed by atoms with Crippen molar-refractivity contribution in [1.82, 2.24) is 10.2 Å². The van der Waals surface area contributed by atoms with Crippen LogP contribution in [0.15, 0.2) is 0 Å². The van der Waals surface area contributed by atoms with Gasteiger partial charge in [-0.1, -0.05) is 20.3 Å². The Kier molecular flexibility index (Phi) is 3.69. The Balaban J connectivity index is 2.12. The van der Waals surface area contributed by atoms with Gasteiger partial charge < -0.3 is 10.2 Å². The minimum absolute atomic E-state index is 0.0190. The van der Waals surface area contributed by atoms with Crippen LogP contribution in [0.3, 0.4) is 0 Å². The standard InChI is InChI=1S/C13H22N2O2/c1-3-9(2)12-13(17)15(10-5-4-6-10)8-7-11(16)14-12/h9-10,12H,3-8H2,1-2H3,(H,14,16). The van der Waals surface area contributed by atoms with Gasteiger partial charge in [0.1, 0.15) is 6.04 Å². The van der Waals surface area contributed by atoms with Crippen LogP contribution in [0.5, 0.6) is 0 Å². The van der Waals surface area contributed by atoms with Crippen LogP contribution in [0.25, 0.3) is 0 Å². The third-order valence-electron chi connectivity index (χ3n) is 4.17. The molecule has 2 fully saturated rings. The molecule has 96 valence electrons. The Morgan fingerprint density at radius 2 is 2.12 bits per heavy atom. The zero-order valence-corrected chi connectivity index (χ0v) is 10.7. The summed E-state index contributed by atoms with van der Waals surface area (Å²) in [5.41, 5.74) is 0. The lowest BCUT2D eigenvalue weighted by Crippen LogP contribution is -2.52. The minimum Gasteiger partial charge on any atom is -0.344 e. The molecule has 1 heterocycles. The maximum Gasteiger partial charge on any atom is 0.245 e. The summed E-state index contributed by atoms with van der Waals surface area (Å²) in [5, 5.41) is 2.88. The summed E-state index contributed by atoms with van der Waals surface area (Å²) >= 11 is 0. The van der Waals surface area contributed by atoms with Crippen molar-refractivity contribution >= 4 is 11.8 Å². The van der Waals surface area contributed by atoms with Gasteiger partial charge in [0.05, 0.1) is 0 Å². The lowest BCUT2D eigenvalue weighted by molar-refractivity contribution is -0.138. The molecule has 0 spiro atoms. The summed E-state index contributed by atoms with van der Waals surface area (Å²) in [4.78, 5) is 26.0. The van der Waals surface area contributed by atoms with Crippen LogP contribution < -0.4 is 5.32 Å². The van der Waals surface area contributed by atoms with Gasteiger partial charge in [-0.3, -0.25) is 9.59 Å². The van der Waals surface area contributed by atoms with Gasteiger partial charge in [-0.05, 0) is 25.2 Å². The van der Waals surface area contributed by atoms with Crippen LogP contribution in [0.4, 0.5) is 0 Å². The first-order valence-electron chi connectivity index (χ1n) is 6.73.